The zero-order valence-corrected chi connectivity index (χ0v) is 11.7. The Balaban J connectivity index is 2.58. The van der Waals surface area contributed by atoms with Gasteiger partial charge in [-0.25, -0.2) is 4.79 Å². The van der Waals surface area contributed by atoms with Crippen molar-refractivity contribution in [2.24, 2.45) is 7.05 Å². The first-order valence-corrected chi connectivity index (χ1v) is 6.42. The summed E-state index contributed by atoms with van der Waals surface area (Å²) in [5, 5.41) is 11.4. The molecule has 0 fully saturated rings. The van der Waals surface area contributed by atoms with Gasteiger partial charge in [-0.2, -0.15) is 5.26 Å². The summed E-state index contributed by atoms with van der Waals surface area (Å²) in [6.07, 6.45) is 0. The summed E-state index contributed by atoms with van der Waals surface area (Å²) >= 11 is 0. The van der Waals surface area contributed by atoms with Gasteiger partial charge in [-0.15, -0.1) is 0 Å². The molecule has 0 unspecified atom stereocenters. The Kier molecular flexibility index (Phi) is 2.99. The lowest BCUT2D eigenvalue weighted by Crippen LogP contribution is -2.27. The van der Waals surface area contributed by atoms with E-state index in [0.29, 0.717) is 5.48 Å². The van der Waals surface area contributed by atoms with Gasteiger partial charge in [0.1, 0.15) is 11.5 Å². The SMILES string of the molecule is COC(=O)/C(C#N)=c1\[nH]c2cccc3cccc(c32)n1C. The Labute approximate surface area is 120 Å². The molecule has 3 rings (SSSR count). The Bertz CT molecular complexity index is 965. The fourth-order valence-corrected chi connectivity index (χ4v) is 2.56. The number of hydrogen-bond acceptors (Lipinski definition) is 3. The van der Waals surface area contributed by atoms with Crippen molar-refractivity contribution in [3.63, 3.8) is 0 Å². The summed E-state index contributed by atoms with van der Waals surface area (Å²) in [5.41, 5.74) is 2.18. The summed E-state index contributed by atoms with van der Waals surface area (Å²) in [7, 11) is 3.07. The molecule has 0 aliphatic carbocycles. The highest BCUT2D eigenvalue weighted by Gasteiger charge is 2.14. The number of nitrogens with one attached hydrogen (secondary N) is 1. The topological polar surface area (TPSA) is 70.8 Å². The van der Waals surface area contributed by atoms with Crippen molar-refractivity contribution in [3.8, 4) is 6.07 Å². The van der Waals surface area contributed by atoms with E-state index in [1.165, 1.54) is 7.11 Å². The van der Waals surface area contributed by atoms with Crippen LogP contribution >= 0.6 is 0 Å². The van der Waals surface area contributed by atoms with Crippen LogP contribution in [0, 0.1) is 11.3 Å². The highest BCUT2D eigenvalue weighted by Crippen LogP contribution is 2.23. The third-order valence-corrected chi connectivity index (χ3v) is 3.57. The number of methoxy groups -OCH3 is 1. The van der Waals surface area contributed by atoms with Gasteiger partial charge in [0, 0.05) is 18.0 Å². The normalized spacial score (nSPS) is 12.2. The highest BCUT2D eigenvalue weighted by atomic mass is 16.5. The largest absolute Gasteiger partial charge is 0.465 e. The molecule has 1 N–H and O–H groups in total. The molecule has 0 spiro atoms. The van der Waals surface area contributed by atoms with Crippen LogP contribution in [0.15, 0.2) is 36.4 Å². The zero-order chi connectivity index (χ0) is 15.0. The Morgan fingerprint density at radius 3 is 2.67 bits per heavy atom. The second-order valence-corrected chi connectivity index (χ2v) is 4.69. The molecule has 0 saturated heterocycles. The predicted molar refractivity (Wildman–Crippen MR) is 79.8 cm³/mol. The third kappa shape index (κ3) is 1.89. The number of benzene rings is 2. The van der Waals surface area contributed by atoms with E-state index in [4.69, 9.17) is 0 Å². The van der Waals surface area contributed by atoms with Crippen LogP contribution in [-0.4, -0.2) is 22.6 Å². The molecule has 2 aromatic carbocycles. The highest BCUT2D eigenvalue weighted by molar-refractivity contribution is 6.15. The number of rotatable bonds is 1. The van der Waals surface area contributed by atoms with Gasteiger partial charge in [0.05, 0.1) is 12.6 Å². The molecule has 21 heavy (non-hydrogen) atoms. The average Bonchev–Trinajstić information content (AvgIpc) is 2.52. The van der Waals surface area contributed by atoms with E-state index < -0.39 is 5.97 Å². The van der Waals surface area contributed by atoms with Crippen molar-refractivity contribution in [1.82, 2.24) is 9.55 Å². The summed E-state index contributed by atoms with van der Waals surface area (Å²) in [6.45, 7) is 0. The van der Waals surface area contributed by atoms with Crippen LogP contribution < -0.4 is 5.48 Å². The van der Waals surface area contributed by atoms with Gasteiger partial charge in [0.25, 0.3) is 0 Å². The number of hydrogen-bond donors (Lipinski definition) is 1. The van der Waals surface area contributed by atoms with Crippen molar-refractivity contribution in [2.75, 3.05) is 7.11 Å². The van der Waals surface area contributed by atoms with Gasteiger partial charge in [0.2, 0.25) is 0 Å². The molecule has 0 atom stereocenters. The molecule has 1 aromatic heterocycles. The minimum Gasteiger partial charge on any atom is -0.465 e. The van der Waals surface area contributed by atoms with Crippen LogP contribution in [-0.2, 0) is 16.6 Å². The lowest BCUT2D eigenvalue weighted by Gasteiger charge is -2.12. The van der Waals surface area contributed by atoms with E-state index in [0.717, 1.165) is 21.8 Å². The molecule has 0 aliphatic heterocycles. The van der Waals surface area contributed by atoms with Crippen molar-refractivity contribution in [2.45, 2.75) is 0 Å². The maximum absolute atomic E-state index is 11.8. The van der Waals surface area contributed by atoms with Gasteiger partial charge >= 0.3 is 5.97 Å². The van der Waals surface area contributed by atoms with Gasteiger partial charge < -0.3 is 14.3 Å². The van der Waals surface area contributed by atoms with Gasteiger partial charge in [-0.05, 0) is 17.5 Å². The summed E-state index contributed by atoms with van der Waals surface area (Å²) < 4.78 is 6.48. The number of H-pyrrole nitrogens is 1. The van der Waals surface area contributed by atoms with Crippen molar-refractivity contribution >= 4 is 33.3 Å². The molecule has 0 amide bonds. The van der Waals surface area contributed by atoms with E-state index in [1.54, 1.807) is 4.57 Å². The molecule has 0 aliphatic rings. The van der Waals surface area contributed by atoms with E-state index in [2.05, 4.69) is 9.72 Å². The van der Waals surface area contributed by atoms with Crippen molar-refractivity contribution < 1.29 is 9.53 Å². The number of aryl methyl sites for hydroxylation is 1. The average molecular weight is 279 g/mol. The monoisotopic (exact) mass is 279 g/mol. The lowest BCUT2D eigenvalue weighted by atomic mass is 10.1. The van der Waals surface area contributed by atoms with Crippen LogP contribution in [0.5, 0.6) is 0 Å². The van der Waals surface area contributed by atoms with E-state index in [1.807, 2.05) is 49.5 Å². The van der Waals surface area contributed by atoms with E-state index >= 15 is 0 Å². The van der Waals surface area contributed by atoms with Crippen LogP contribution in [0.2, 0.25) is 0 Å². The van der Waals surface area contributed by atoms with Crippen LogP contribution in [0.4, 0.5) is 0 Å². The molecule has 0 radical (unpaired) electrons. The lowest BCUT2D eigenvalue weighted by molar-refractivity contribution is -0.133. The third-order valence-electron chi connectivity index (χ3n) is 3.57. The summed E-state index contributed by atoms with van der Waals surface area (Å²) in [5.74, 6) is -0.654. The first-order valence-electron chi connectivity index (χ1n) is 6.42. The zero-order valence-electron chi connectivity index (χ0n) is 11.7. The molecule has 0 bridgehead atoms. The molecule has 1 heterocycles. The number of ether oxygens (including phenoxy) is 1. The fourth-order valence-electron chi connectivity index (χ4n) is 2.56. The Hall–Kier alpha value is -3.00. The molecule has 5 heteroatoms. The molecule has 3 aromatic rings. The van der Waals surface area contributed by atoms with Crippen molar-refractivity contribution in [1.29, 1.82) is 5.26 Å². The fraction of sp³-hybridized carbons (Fsp3) is 0.125. The minimum absolute atomic E-state index is 0.0495. The minimum atomic E-state index is -0.654. The van der Waals surface area contributed by atoms with E-state index in [-0.39, 0.29) is 5.57 Å². The number of aromatic nitrogens is 2. The number of carbonyl (C=O) groups is 1. The smallest absolute Gasteiger partial charge is 0.352 e. The van der Waals surface area contributed by atoms with E-state index in [9.17, 15) is 10.1 Å². The maximum Gasteiger partial charge on any atom is 0.352 e. The molecule has 104 valence electrons. The number of nitrogens with zero attached hydrogens (tertiary/aromatic N) is 2. The number of esters is 1. The quantitative estimate of drug-likeness (QED) is 0.690. The predicted octanol–water partition coefficient (Wildman–Crippen LogP) is 1.79. The second-order valence-electron chi connectivity index (χ2n) is 4.69. The number of nitriles is 1. The van der Waals surface area contributed by atoms with Crippen LogP contribution in [0.3, 0.4) is 0 Å². The van der Waals surface area contributed by atoms with Crippen LogP contribution in [0.1, 0.15) is 0 Å². The Morgan fingerprint density at radius 2 is 2.00 bits per heavy atom. The van der Waals surface area contributed by atoms with Crippen molar-refractivity contribution in [3.05, 3.63) is 41.9 Å². The second kappa shape index (κ2) is 4.84. The molecular formula is C16H13N3O2. The van der Waals surface area contributed by atoms with Gasteiger partial charge in [-0.1, -0.05) is 24.3 Å². The number of aromatic amines is 1. The summed E-state index contributed by atoms with van der Waals surface area (Å²) in [4.78, 5) is 14.9. The molecular weight excluding hydrogens is 266 g/mol. The molecule has 0 saturated carbocycles. The van der Waals surface area contributed by atoms with Crippen LogP contribution in [0.25, 0.3) is 27.4 Å². The maximum atomic E-state index is 11.8. The Morgan fingerprint density at radius 1 is 1.29 bits per heavy atom. The van der Waals surface area contributed by atoms with Gasteiger partial charge in [-0.3, -0.25) is 0 Å². The van der Waals surface area contributed by atoms with Gasteiger partial charge in [0.15, 0.2) is 5.57 Å². The standard InChI is InChI=1S/C16H13N3O2/c1-19-13-8-4-6-10-5-3-7-12(14(10)13)18-15(19)11(9-17)16(20)21-2/h3-8,18H,1-2H3/b15-11+. The number of carbonyl (C=O) groups excluding carboxylic acids is 1. The first kappa shape index (κ1) is 13.0. The summed E-state index contributed by atoms with van der Waals surface area (Å²) in [6, 6.07) is 13.7. The first-order chi connectivity index (χ1) is 10.2. The molecule has 5 nitrogen and oxygen atoms in total.